The predicted molar refractivity (Wildman–Crippen MR) is 68.2 cm³/mol. The maximum absolute atomic E-state index is 4.67. The summed E-state index contributed by atoms with van der Waals surface area (Å²) in [7, 11) is 0. The van der Waals surface area contributed by atoms with Crippen LogP contribution in [0.25, 0.3) is 0 Å². The Hall–Kier alpha value is -0.410. The molecule has 1 atom stereocenters. The molecule has 3 rings (SSSR count). The molecule has 88 valence electrons. The van der Waals surface area contributed by atoms with E-state index < -0.39 is 0 Å². The lowest BCUT2D eigenvalue weighted by atomic mass is 9.88. The Balaban J connectivity index is 1.81. The molecule has 0 aromatic carbocycles. The molecule has 1 aromatic heterocycles. The van der Waals surface area contributed by atoms with Gasteiger partial charge in [-0.05, 0) is 25.8 Å². The summed E-state index contributed by atoms with van der Waals surface area (Å²) in [5, 5.41) is 4.79. The van der Waals surface area contributed by atoms with Crippen molar-refractivity contribution in [3.05, 3.63) is 16.1 Å². The molecule has 0 radical (unpaired) electrons. The first-order chi connectivity index (χ1) is 7.78. The average Bonchev–Trinajstić information content (AvgIpc) is 2.98. The summed E-state index contributed by atoms with van der Waals surface area (Å²) in [6.45, 7) is 4.71. The van der Waals surface area contributed by atoms with Gasteiger partial charge in [0.15, 0.2) is 0 Å². The lowest BCUT2D eigenvalue weighted by Gasteiger charge is -2.20. The smallest absolute Gasteiger partial charge is 0.0971 e. The number of rotatable bonds is 2. The van der Waals surface area contributed by atoms with Crippen LogP contribution in [0.3, 0.4) is 0 Å². The topological polar surface area (TPSA) is 24.9 Å². The van der Waals surface area contributed by atoms with E-state index >= 15 is 0 Å². The van der Waals surface area contributed by atoms with Gasteiger partial charge in [-0.15, -0.1) is 11.3 Å². The molecule has 2 nitrogen and oxygen atoms in total. The summed E-state index contributed by atoms with van der Waals surface area (Å²) in [6, 6.07) is 0. The van der Waals surface area contributed by atoms with Gasteiger partial charge >= 0.3 is 0 Å². The third kappa shape index (κ3) is 1.80. The minimum atomic E-state index is 0.446. The van der Waals surface area contributed by atoms with Crippen LogP contribution in [0.2, 0.25) is 0 Å². The van der Waals surface area contributed by atoms with Gasteiger partial charge in [-0.3, -0.25) is 0 Å². The van der Waals surface area contributed by atoms with Gasteiger partial charge in [0.1, 0.15) is 0 Å². The first kappa shape index (κ1) is 10.7. The van der Waals surface area contributed by atoms with Crippen molar-refractivity contribution in [3.8, 4) is 0 Å². The zero-order valence-corrected chi connectivity index (χ0v) is 10.8. The fourth-order valence-corrected chi connectivity index (χ4v) is 4.28. The van der Waals surface area contributed by atoms with Crippen molar-refractivity contribution < 1.29 is 0 Å². The number of hydrogen-bond acceptors (Lipinski definition) is 3. The molecule has 1 aliphatic carbocycles. The van der Waals surface area contributed by atoms with Gasteiger partial charge in [-0.25, -0.2) is 4.98 Å². The molecule has 0 amide bonds. The van der Waals surface area contributed by atoms with Crippen molar-refractivity contribution in [1.82, 2.24) is 10.3 Å². The number of nitrogens with one attached hydrogen (secondary N) is 1. The Morgan fingerprint density at radius 2 is 2.25 bits per heavy atom. The molecule has 16 heavy (non-hydrogen) atoms. The molecule has 1 aliphatic heterocycles. The molecule has 0 spiro atoms. The van der Waals surface area contributed by atoms with Crippen molar-refractivity contribution in [3.63, 3.8) is 0 Å². The third-order valence-corrected chi connectivity index (χ3v) is 5.70. The molecule has 2 heterocycles. The summed E-state index contributed by atoms with van der Waals surface area (Å²) >= 11 is 1.98. The molecule has 0 bridgehead atoms. The van der Waals surface area contributed by atoms with Gasteiger partial charge in [0.2, 0.25) is 0 Å². The van der Waals surface area contributed by atoms with E-state index in [9.17, 15) is 0 Å². The van der Waals surface area contributed by atoms with E-state index in [1.54, 1.807) is 0 Å². The summed E-state index contributed by atoms with van der Waals surface area (Å²) in [6.07, 6.45) is 8.94. The fourth-order valence-electron chi connectivity index (χ4n) is 3.02. The Bertz CT molecular complexity index is 360. The molecule has 3 heteroatoms. The van der Waals surface area contributed by atoms with Gasteiger partial charge < -0.3 is 5.32 Å². The van der Waals surface area contributed by atoms with Crippen LogP contribution in [0.4, 0.5) is 0 Å². The number of thiazole rings is 1. The first-order valence-corrected chi connectivity index (χ1v) is 7.26. The zero-order chi connectivity index (χ0) is 11.0. The maximum Gasteiger partial charge on any atom is 0.0971 e. The number of aromatic nitrogens is 1. The van der Waals surface area contributed by atoms with Crippen LogP contribution in [-0.2, 0) is 5.41 Å². The van der Waals surface area contributed by atoms with Gasteiger partial charge in [0.05, 0.1) is 5.01 Å². The van der Waals surface area contributed by atoms with E-state index in [-0.39, 0.29) is 0 Å². The quantitative estimate of drug-likeness (QED) is 0.853. The largest absolute Gasteiger partial charge is 0.316 e. The highest BCUT2D eigenvalue weighted by Crippen LogP contribution is 2.43. The molecule has 1 saturated heterocycles. The van der Waals surface area contributed by atoms with Crippen molar-refractivity contribution >= 4 is 11.3 Å². The van der Waals surface area contributed by atoms with E-state index in [1.807, 2.05) is 11.3 Å². The summed E-state index contributed by atoms with van der Waals surface area (Å²) < 4.78 is 0. The standard InChI is InChI=1S/C13H20N2S/c1-13(5-2-3-6-13)11-9-15-12(16-11)10-4-7-14-8-10/h9-10,14H,2-8H2,1H3. The van der Waals surface area contributed by atoms with Crippen LogP contribution in [0.1, 0.15) is 54.8 Å². The zero-order valence-electron chi connectivity index (χ0n) is 9.96. The second-order valence-electron chi connectivity index (χ2n) is 5.52. The monoisotopic (exact) mass is 236 g/mol. The van der Waals surface area contributed by atoms with E-state index in [2.05, 4.69) is 23.4 Å². The molecule has 2 aliphatic rings. The fraction of sp³-hybridized carbons (Fsp3) is 0.769. The van der Waals surface area contributed by atoms with Crippen LogP contribution < -0.4 is 5.32 Å². The SMILES string of the molecule is CC1(c2cnc(C3CCNC3)s2)CCCC1. The minimum Gasteiger partial charge on any atom is -0.316 e. The van der Waals surface area contributed by atoms with Crippen molar-refractivity contribution in [2.45, 2.75) is 50.4 Å². The Kier molecular flexibility index (Phi) is 2.76. The normalized spacial score (nSPS) is 28.7. The first-order valence-electron chi connectivity index (χ1n) is 6.45. The Morgan fingerprint density at radius 3 is 2.94 bits per heavy atom. The molecule has 2 fully saturated rings. The average molecular weight is 236 g/mol. The van der Waals surface area contributed by atoms with Crippen LogP contribution in [0.15, 0.2) is 6.20 Å². The van der Waals surface area contributed by atoms with E-state index in [4.69, 9.17) is 0 Å². The predicted octanol–water partition coefficient (Wildman–Crippen LogP) is 3.05. The highest BCUT2D eigenvalue weighted by molar-refractivity contribution is 7.11. The van der Waals surface area contributed by atoms with E-state index in [0.29, 0.717) is 11.3 Å². The van der Waals surface area contributed by atoms with E-state index in [1.165, 1.54) is 42.0 Å². The number of hydrogen-bond donors (Lipinski definition) is 1. The molecular formula is C13H20N2S. The van der Waals surface area contributed by atoms with Gasteiger partial charge in [-0.1, -0.05) is 19.8 Å². The number of nitrogens with zero attached hydrogens (tertiary/aromatic N) is 1. The molecule has 1 aromatic rings. The molecule has 1 N–H and O–H groups in total. The Labute approximate surface area is 101 Å². The van der Waals surface area contributed by atoms with Gasteiger partial charge in [0, 0.05) is 29.0 Å². The highest BCUT2D eigenvalue weighted by Gasteiger charge is 2.33. The van der Waals surface area contributed by atoms with Crippen LogP contribution in [-0.4, -0.2) is 18.1 Å². The van der Waals surface area contributed by atoms with Crippen molar-refractivity contribution in [2.75, 3.05) is 13.1 Å². The Morgan fingerprint density at radius 1 is 1.44 bits per heavy atom. The van der Waals surface area contributed by atoms with E-state index in [0.717, 1.165) is 13.1 Å². The van der Waals surface area contributed by atoms with Crippen LogP contribution >= 0.6 is 11.3 Å². The minimum absolute atomic E-state index is 0.446. The second-order valence-corrected chi connectivity index (χ2v) is 6.58. The second kappa shape index (κ2) is 4.11. The van der Waals surface area contributed by atoms with Crippen LogP contribution in [0, 0.1) is 0 Å². The molecule has 1 saturated carbocycles. The van der Waals surface area contributed by atoms with Gasteiger partial charge in [-0.2, -0.15) is 0 Å². The lowest BCUT2D eigenvalue weighted by molar-refractivity contribution is 0.501. The third-order valence-electron chi connectivity index (χ3n) is 4.24. The van der Waals surface area contributed by atoms with Crippen molar-refractivity contribution in [2.24, 2.45) is 0 Å². The highest BCUT2D eigenvalue weighted by atomic mass is 32.1. The van der Waals surface area contributed by atoms with Gasteiger partial charge in [0.25, 0.3) is 0 Å². The molecular weight excluding hydrogens is 216 g/mol. The summed E-state index contributed by atoms with van der Waals surface area (Å²) in [5.41, 5.74) is 0.446. The summed E-state index contributed by atoms with van der Waals surface area (Å²) in [5.74, 6) is 0.684. The van der Waals surface area contributed by atoms with Crippen LogP contribution in [0.5, 0.6) is 0 Å². The lowest BCUT2D eigenvalue weighted by Crippen LogP contribution is -2.14. The maximum atomic E-state index is 4.67. The van der Waals surface area contributed by atoms with Crippen molar-refractivity contribution in [1.29, 1.82) is 0 Å². The summed E-state index contributed by atoms with van der Waals surface area (Å²) in [4.78, 5) is 6.20. The molecule has 1 unspecified atom stereocenters.